The molecule has 4 nitrogen and oxygen atoms in total. The summed E-state index contributed by atoms with van der Waals surface area (Å²) in [6.07, 6.45) is 1.46. The number of rotatable bonds is 1. The van der Waals surface area contributed by atoms with Gasteiger partial charge in [-0.25, -0.2) is 0 Å². The van der Waals surface area contributed by atoms with Crippen molar-refractivity contribution < 1.29 is 4.79 Å². The van der Waals surface area contributed by atoms with Gasteiger partial charge in [-0.2, -0.15) is 0 Å². The Kier molecular flexibility index (Phi) is 3.06. The fourth-order valence-electron chi connectivity index (χ4n) is 2.74. The first kappa shape index (κ1) is 11.7. The molecule has 1 unspecified atom stereocenters. The highest BCUT2D eigenvalue weighted by Gasteiger charge is 2.20. The molecule has 4 heteroatoms. The SMILES string of the molecule is CN1CCNC(c2ccc3c(c2)CCC(=O)N3)C1. The van der Waals surface area contributed by atoms with Gasteiger partial charge in [-0.15, -0.1) is 0 Å². The van der Waals surface area contributed by atoms with Crippen LogP contribution >= 0.6 is 0 Å². The van der Waals surface area contributed by atoms with E-state index < -0.39 is 0 Å². The molecule has 2 heterocycles. The number of hydrogen-bond donors (Lipinski definition) is 2. The molecular formula is C14H19N3O. The van der Waals surface area contributed by atoms with Crippen LogP contribution in [-0.2, 0) is 11.2 Å². The molecule has 0 spiro atoms. The van der Waals surface area contributed by atoms with Crippen molar-refractivity contribution in [1.29, 1.82) is 0 Å². The van der Waals surface area contributed by atoms with E-state index in [0.717, 1.165) is 31.7 Å². The predicted octanol–water partition coefficient (Wildman–Crippen LogP) is 1.15. The first-order valence-electron chi connectivity index (χ1n) is 6.57. The minimum atomic E-state index is 0.130. The van der Waals surface area contributed by atoms with Crippen LogP contribution in [0.4, 0.5) is 5.69 Å². The molecule has 1 fully saturated rings. The summed E-state index contributed by atoms with van der Waals surface area (Å²) in [6, 6.07) is 6.82. The number of amides is 1. The minimum absolute atomic E-state index is 0.130. The summed E-state index contributed by atoms with van der Waals surface area (Å²) in [7, 11) is 2.16. The summed E-state index contributed by atoms with van der Waals surface area (Å²) < 4.78 is 0. The van der Waals surface area contributed by atoms with Gasteiger partial charge in [0.05, 0.1) is 0 Å². The standard InChI is InChI=1S/C14H19N3O/c1-17-7-6-15-13(9-17)11-2-4-12-10(8-11)3-5-14(18)16-12/h2,4,8,13,15H,3,5-7,9H2,1H3,(H,16,18). The van der Waals surface area contributed by atoms with Crippen molar-refractivity contribution in [1.82, 2.24) is 10.2 Å². The van der Waals surface area contributed by atoms with Crippen molar-refractivity contribution in [2.24, 2.45) is 0 Å². The molecule has 3 rings (SSSR count). The monoisotopic (exact) mass is 245 g/mol. The molecule has 0 radical (unpaired) electrons. The smallest absolute Gasteiger partial charge is 0.224 e. The number of benzene rings is 1. The molecule has 1 aromatic rings. The summed E-state index contributed by atoms with van der Waals surface area (Å²) >= 11 is 0. The Morgan fingerprint density at radius 1 is 1.33 bits per heavy atom. The van der Waals surface area contributed by atoms with Crippen LogP contribution in [-0.4, -0.2) is 37.5 Å². The Bertz CT molecular complexity index is 472. The number of nitrogens with zero attached hydrogens (tertiary/aromatic N) is 1. The number of piperazine rings is 1. The third-order valence-electron chi connectivity index (χ3n) is 3.81. The fraction of sp³-hybridized carbons (Fsp3) is 0.500. The van der Waals surface area contributed by atoms with E-state index in [1.54, 1.807) is 0 Å². The zero-order valence-electron chi connectivity index (χ0n) is 10.7. The maximum absolute atomic E-state index is 11.3. The molecule has 2 N–H and O–H groups in total. The molecule has 0 bridgehead atoms. The van der Waals surface area contributed by atoms with E-state index in [9.17, 15) is 4.79 Å². The molecule has 0 saturated carbocycles. The van der Waals surface area contributed by atoms with Crippen LogP contribution in [0.25, 0.3) is 0 Å². The maximum atomic E-state index is 11.3. The molecule has 1 saturated heterocycles. The van der Waals surface area contributed by atoms with E-state index in [1.807, 2.05) is 6.07 Å². The molecule has 1 atom stereocenters. The highest BCUT2D eigenvalue weighted by atomic mass is 16.1. The quantitative estimate of drug-likeness (QED) is 0.780. The average molecular weight is 245 g/mol. The molecule has 1 amide bonds. The molecule has 0 aromatic heterocycles. The summed E-state index contributed by atoms with van der Waals surface area (Å²) in [6.45, 7) is 3.19. The van der Waals surface area contributed by atoms with Crippen LogP contribution in [0.3, 0.4) is 0 Å². The predicted molar refractivity (Wildman–Crippen MR) is 71.6 cm³/mol. The van der Waals surface area contributed by atoms with Gasteiger partial charge in [0.1, 0.15) is 0 Å². The third-order valence-corrected chi connectivity index (χ3v) is 3.81. The Balaban J connectivity index is 1.83. The largest absolute Gasteiger partial charge is 0.326 e. The number of hydrogen-bond acceptors (Lipinski definition) is 3. The van der Waals surface area contributed by atoms with Crippen LogP contribution in [0.1, 0.15) is 23.6 Å². The molecule has 1 aromatic carbocycles. The van der Waals surface area contributed by atoms with E-state index in [1.165, 1.54) is 11.1 Å². The van der Waals surface area contributed by atoms with Gasteiger partial charge in [-0.05, 0) is 30.7 Å². The molecule has 96 valence electrons. The normalized spacial score (nSPS) is 24.5. The van der Waals surface area contributed by atoms with Gasteiger partial charge < -0.3 is 15.5 Å². The topological polar surface area (TPSA) is 44.4 Å². The molecule has 2 aliphatic rings. The zero-order valence-corrected chi connectivity index (χ0v) is 10.7. The second kappa shape index (κ2) is 4.71. The zero-order chi connectivity index (χ0) is 12.5. The first-order valence-corrected chi connectivity index (χ1v) is 6.57. The first-order chi connectivity index (χ1) is 8.72. The molecule has 2 aliphatic heterocycles. The summed E-state index contributed by atoms with van der Waals surface area (Å²) in [5.41, 5.74) is 3.58. The van der Waals surface area contributed by atoms with Gasteiger partial charge >= 0.3 is 0 Å². The Morgan fingerprint density at radius 2 is 2.22 bits per heavy atom. The van der Waals surface area contributed by atoms with Crippen molar-refractivity contribution in [3.63, 3.8) is 0 Å². The van der Waals surface area contributed by atoms with Gasteiger partial charge in [0, 0.05) is 37.8 Å². The van der Waals surface area contributed by atoms with Crippen LogP contribution in [0, 0.1) is 0 Å². The summed E-state index contributed by atoms with van der Waals surface area (Å²) in [4.78, 5) is 13.7. The molecular weight excluding hydrogens is 226 g/mol. The van der Waals surface area contributed by atoms with Gasteiger partial charge in [-0.1, -0.05) is 12.1 Å². The van der Waals surface area contributed by atoms with Crippen molar-refractivity contribution >= 4 is 11.6 Å². The lowest BCUT2D eigenvalue weighted by molar-refractivity contribution is -0.116. The van der Waals surface area contributed by atoms with Crippen LogP contribution < -0.4 is 10.6 Å². The number of likely N-dealkylation sites (N-methyl/N-ethyl adjacent to an activating group) is 1. The highest BCUT2D eigenvalue weighted by Crippen LogP contribution is 2.27. The maximum Gasteiger partial charge on any atom is 0.224 e. The number of fused-ring (bicyclic) bond motifs is 1. The van der Waals surface area contributed by atoms with Gasteiger partial charge in [0.15, 0.2) is 0 Å². The summed E-state index contributed by atoms with van der Waals surface area (Å²) in [5.74, 6) is 0.130. The number of anilines is 1. The van der Waals surface area contributed by atoms with E-state index in [2.05, 4.69) is 34.7 Å². The Hall–Kier alpha value is -1.39. The number of carbonyl (C=O) groups excluding carboxylic acids is 1. The van der Waals surface area contributed by atoms with Gasteiger partial charge in [0.25, 0.3) is 0 Å². The number of nitrogens with one attached hydrogen (secondary N) is 2. The van der Waals surface area contributed by atoms with Crippen molar-refractivity contribution in [2.75, 3.05) is 32.0 Å². The van der Waals surface area contributed by atoms with E-state index >= 15 is 0 Å². The molecule has 0 aliphatic carbocycles. The Labute approximate surface area is 107 Å². The van der Waals surface area contributed by atoms with Gasteiger partial charge in [-0.3, -0.25) is 4.79 Å². The van der Waals surface area contributed by atoms with Gasteiger partial charge in [0.2, 0.25) is 5.91 Å². The van der Waals surface area contributed by atoms with Crippen molar-refractivity contribution in [2.45, 2.75) is 18.9 Å². The minimum Gasteiger partial charge on any atom is -0.326 e. The second-order valence-electron chi connectivity index (χ2n) is 5.23. The average Bonchev–Trinajstić information content (AvgIpc) is 2.38. The fourth-order valence-corrected chi connectivity index (χ4v) is 2.74. The lowest BCUT2D eigenvalue weighted by Crippen LogP contribution is -2.43. The van der Waals surface area contributed by atoms with E-state index in [-0.39, 0.29) is 5.91 Å². The van der Waals surface area contributed by atoms with E-state index in [4.69, 9.17) is 0 Å². The number of aryl methyl sites for hydroxylation is 1. The summed E-state index contributed by atoms with van der Waals surface area (Å²) in [5, 5.41) is 6.48. The lowest BCUT2D eigenvalue weighted by atomic mass is 9.96. The molecule has 18 heavy (non-hydrogen) atoms. The third kappa shape index (κ3) is 2.26. The number of carbonyl (C=O) groups is 1. The second-order valence-corrected chi connectivity index (χ2v) is 5.23. The van der Waals surface area contributed by atoms with Crippen molar-refractivity contribution in [3.8, 4) is 0 Å². The van der Waals surface area contributed by atoms with Crippen LogP contribution in [0.5, 0.6) is 0 Å². The lowest BCUT2D eigenvalue weighted by Gasteiger charge is -2.31. The van der Waals surface area contributed by atoms with Crippen LogP contribution in [0.2, 0.25) is 0 Å². The van der Waals surface area contributed by atoms with E-state index in [0.29, 0.717) is 12.5 Å². The van der Waals surface area contributed by atoms with Crippen molar-refractivity contribution in [3.05, 3.63) is 29.3 Å². The Morgan fingerprint density at radius 3 is 3.06 bits per heavy atom. The van der Waals surface area contributed by atoms with Crippen LogP contribution in [0.15, 0.2) is 18.2 Å². The highest BCUT2D eigenvalue weighted by molar-refractivity contribution is 5.93.